The van der Waals surface area contributed by atoms with E-state index in [0.717, 1.165) is 18.5 Å². The smallest absolute Gasteiger partial charge is 0.150 e. The molecule has 1 N–H and O–H groups in total. The van der Waals surface area contributed by atoms with Gasteiger partial charge in [-0.25, -0.2) is 0 Å². The first-order chi connectivity index (χ1) is 6.69. The third-order valence-electron chi connectivity index (χ3n) is 2.15. The van der Waals surface area contributed by atoms with Gasteiger partial charge in [0, 0.05) is 17.8 Å². The summed E-state index contributed by atoms with van der Waals surface area (Å²) in [6, 6.07) is 7.15. The zero-order valence-electron chi connectivity index (χ0n) is 8.47. The minimum absolute atomic E-state index is 0.512. The molecule has 1 atom stereocenters. The summed E-state index contributed by atoms with van der Waals surface area (Å²) in [5.74, 6) is 0. The monoisotopic (exact) mass is 193 g/mol. The van der Waals surface area contributed by atoms with Crippen molar-refractivity contribution in [3.8, 4) is 0 Å². The van der Waals surface area contributed by atoms with Gasteiger partial charge in [-0.05, 0) is 38.1 Å². The molecule has 0 aliphatic rings. The molecule has 0 bridgehead atoms. The molecule has 76 valence electrons. The standard InChI is InChI=1S/C11H15NO2/c1-3-12(9(2)14)11-6-4-10(8-13)5-7-11/h4-9,14H,3H2,1-2H3. The maximum absolute atomic E-state index is 10.4. The van der Waals surface area contributed by atoms with Crippen LogP contribution in [0.5, 0.6) is 0 Å². The van der Waals surface area contributed by atoms with Gasteiger partial charge in [-0.1, -0.05) is 0 Å². The highest BCUT2D eigenvalue weighted by Gasteiger charge is 2.08. The minimum Gasteiger partial charge on any atom is -0.374 e. The summed E-state index contributed by atoms with van der Waals surface area (Å²) < 4.78 is 0. The fourth-order valence-electron chi connectivity index (χ4n) is 1.41. The number of aldehydes is 1. The average molecular weight is 193 g/mol. The number of aliphatic hydroxyl groups excluding tert-OH is 1. The van der Waals surface area contributed by atoms with Crippen LogP contribution in [0.4, 0.5) is 5.69 Å². The Balaban J connectivity index is 2.89. The third-order valence-corrected chi connectivity index (χ3v) is 2.15. The van der Waals surface area contributed by atoms with Crippen LogP contribution in [-0.4, -0.2) is 24.2 Å². The summed E-state index contributed by atoms with van der Waals surface area (Å²) in [4.78, 5) is 12.3. The highest BCUT2D eigenvalue weighted by Crippen LogP contribution is 2.16. The van der Waals surface area contributed by atoms with Gasteiger partial charge in [0.25, 0.3) is 0 Å². The second-order valence-electron chi connectivity index (χ2n) is 3.13. The van der Waals surface area contributed by atoms with Crippen molar-refractivity contribution < 1.29 is 9.90 Å². The van der Waals surface area contributed by atoms with E-state index in [4.69, 9.17) is 0 Å². The molecule has 0 aliphatic heterocycles. The molecule has 0 amide bonds. The number of rotatable bonds is 4. The SMILES string of the molecule is CCN(c1ccc(C=O)cc1)C(C)O. The highest BCUT2D eigenvalue weighted by molar-refractivity contribution is 5.75. The van der Waals surface area contributed by atoms with E-state index in [1.54, 1.807) is 19.1 Å². The van der Waals surface area contributed by atoms with Crippen LogP contribution >= 0.6 is 0 Å². The van der Waals surface area contributed by atoms with E-state index >= 15 is 0 Å². The lowest BCUT2D eigenvalue weighted by atomic mass is 10.2. The molecular weight excluding hydrogens is 178 g/mol. The molecule has 0 aliphatic carbocycles. The number of carbonyl (C=O) groups excluding carboxylic acids is 1. The lowest BCUT2D eigenvalue weighted by molar-refractivity contribution is 0.112. The van der Waals surface area contributed by atoms with Gasteiger partial charge in [0.1, 0.15) is 12.5 Å². The lowest BCUT2D eigenvalue weighted by Gasteiger charge is -2.26. The molecule has 1 aromatic rings. The molecule has 0 saturated heterocycles. The van der Waals surface area contributed by atoms with Gasteiger partial charge in [0.2, 0.25) is 0 Å². The number of anilines is 1. The summed E-state index contributed by atoms with van der Waals surface area (Å²) in [5, 5.41) is 9.45. The van der Waals surface area contributed by atoms with E-state index in [0.29, 0.717) is 5.56 Å². The Bertz CT molecular complexity index is 293. The van der Waals surface area contributed by atoms with Crippen LogP contribution in [0.15, 0.2) is 24.3 Å². The van der Waals surface area contributed by atoms with Gasteiger partial charge in [-0.2, -0.15) is 0 Å². The van der Waals surface area contributed by atoms with Crippen molar-refractivity contribution in [2.45, 2.75) is 20.1 Å². The van der Waals surface area contributed by atoms with Gasteiger partial charge in [-0.15, -0.1) is 0 Å². The Hall–Kier alpha value is -1.35. The number of benzene rings is 1. The Morgan fingerprint density at radius 3 is 2.36 bits per heavy atom. The fraction of sp³-hybridized carbons (Fsp3) is 0.364. The van der Waals surface area contributed by atoms with E-state index in [-0.39, 0.29) is 0 Å². The second-order valence-corrected chi connectivity index (χ2v) is 3.13. The maximum atomic E-state index is 10.4. The molecule has 3 nitrogen and oxygen atoms in total. The fourth-order valence-corrected chi connectivity index (χ4v) is 1.41. The van der Waals surface area contributed by atoms with Crippen LogP contribution in [0.1, 0.15) is 24.2 Å². The molecule has 0 radical (unpaired) electrons. The topological polar surface area (TPSA) is 40.5 Å². The summed E-state index contributed by atoms with van der Waals surface area (Å²) >= 11 is 0. The van der Waals surface area contributed by atoms with Crippen LogP contribution in [0.25, 0.3) is 0 Å². The van der Waals surface area contributed by atoms with Crippen molar-refractivity contribution in [2.24, 2.45) is 0 Å². The van der Waals surface area contributed by atoms with Crippen molar-refractivity contribution >= 4 is 12.0 Å². The number of aliphatic hydroxyl groups is 1. The van der Waals surface area contributed by atoms with E-state index in [1.165, 1.54) is 0 Å². The van der Waals surface area contributed by atoms with Crippen LogP contribution in [-0.2, 0) is 0 Å². The van der Waals surface area contributed by atoms with Gasteiger partial charge >= 0.3 is 0 Å². The Morgan fingerprint density at radius 2 is 2.00 bits per heavy atom. The Morgan fingerprint density at radius 1 is 1.43 bits per heavy atom. The molecule has 0 heterocycles. The molecule has 3 heteroatoms. The van der Waals surface area contributed by atoms with Crippen LogP contribution in [0.3, 0.4) is 0 Å². The summed E-state index contributed by atoms with van der Waals surface area (Å²) in [7, 11) is 0. The van der Waals surface area contributed by atoms with Crippen LogP contribution < -0.4 is 4.90 Å². The van der Waals surface area contributed by atoms with Crippen LogP contribution in [0.2, 0.25) is 0 Å². The highest BCUT2D eigenvalue weighted by atomic mass is 16.3. The van der Waals surface area contributed by atoms with Gasteiger partial charge in [-0.3, -0.25) is 4.79 Å². The molecule has 14 heavy (non-hydrogen) atoms. The zero-order chi connectivity index (χ0) is 10.6. The van der Waals surface area contributed by atoms with Crippen molar-refractivity contribution in [3.63, 3.8) is 0 Å². The maximum Gasteiger partial charge on any atom is 0.150 e. The molecule has 1 rings (SSSR count). The normalized spacial score (nSPS) is 12.2. The van der Waals surface area contributed by atoms with E-state index < -0.39 is 6.23 Å². The first-order valence-electron chi connectivity index (χ1n) is 4.69. The summed E-state index contributed by atoms with van der Waals surface area (Å²) in [6.45, 7) is 4.43. The second kappa shape index (κ2) is 4.77. The molecule has 0 fully saturated rings. The first-order valence-corrected chi connectivity index (χ1v) is 4.69. The molecule has 0 aromatic heterocycles. The zero-order valence-corrected chi connectivity index (χ0v) is 8.47. The van der Waals surface area contributed by atoms with E-state index in [9.17, 15) is 9.90 Å². The van der Waals surface area contributed by atoms with E-state index in [2.05, 4.69) is 0 Å². The first kappa shape index (κ1) is 10.7. The minimum atomic E-state index is -0.512. The van der Waals surface area contributed by atoms with Crippen LogP contribution in [0, 0.1) is 0 Å². The molecular formula is C11H15NO2. The number of hydrogen-bond donors (Lipinski definition) is 1. The molecule has 0 saturated carbocycles. The largest absolute Gasteiger partial charge is 0.374 e. The number of hydrogen-bond acceptors (Lipinski definition) is 3. The summed E-state index contributed by atoms with van der Waals surface area (Å²) in [6.07, 6.45) is 0.296. The molecule has 1 unspecified atom stereocenters. The third kappa shape index (κ3) is 2.33. The number of carbonyl (C=O) groups is 1. The lowest BCUT2D eigenvalue weighted by Crippen LogP contribution is -2.32. The van der Waals surface area contributed by atoms with Crippen molar-refractivity contribution in [1.82, 2.24) is 0 Å². The van der Waals surface area contributed by atoms with Gasteiger partial charge in [0.15, 0.2) is 0 Å². The van der Waals surface area contributed by atoms with Gasteiger partial charge in [0.05, 0.1) is 0 Å². The molecule has 0 spiro atoms. The van der Waals surface area contributed by atoms with Crippen molar-refractivity contribution in [3.05, 3.63) is 29.8 Å². The number of nitrogens with zero attached hydrogens (tertiary/aromatic N) is 1. The molecule has 1 aromatic carbocycles. The van der Waals surface area contributed by atoms with Gasteiger partial charge < -0.3 is 10.0 Å². The quantitative estimate of drug-likeness (QED) is 0.584. The Labute approximate surface area is 84.0 Å². The average Bonchev–Trinajstić information content (AvgIpc) is 2.19. The van der Waals surface area contributed by atoms with Crippen molar-refractivity contribution in [1.29, 1.82) is 0 Å². The summed E-state index contributed by atoms with van der Waals surface area (Å²) in [5.41, 5.74) is 1.57. The predicted octanol–water partition coefficient (Wildman–Crippen LogP) is 1.66. The van der Waals surface area contributed by atoms with E-state index in [1.807, 2.05) is 24.0 Å². The Kier molecular flexibility index (Phi) is 3.65. The predicted molar refractivity (Wildman–Crippen MR) is 56.5 cm³/mol. The van der Waals surface area contributed by atoms with Crippen molar-refractivity contribution in [2.75, 3.05) is 11.4 Å².